The zero-order valence-electron chi connectivity index (χ0n) is 17.4. The highest BCUT2D eigenvalue weighted by molar-refractivity contribution is 7.80. The molecule has 3 aromatic rings. The molecule has 1 atom stereocenters. The van der Waals surface area contributed by atoms with Crippen LogP contribution in [0.3, 0.4) is 0 Å². The summed E-state index contributed by atoms with van der Waals surface area (Å²) in [5.74, 6) is -0.990. The number of halogens is 2. The van der Waals surface area contributed by atoms with Crippen molar-refractivity contribution >= 4 is 40.6 Å². The van der Waals surface area contributed by atoms with Gasteiger partial charge in [-0.05, 0) is 62.0 Å². The van der Waals surface area contributed by atoms with E-state index in [9.17, 15) is 9.18 Å². The summed E-state index contributed by atoms with van der Waals surface area (Å²) in [7, 11) is 0. The van der Waals surface area contributed by atoms with Crippen LogP contribution >= 0.6 is 23.8 Å². The number of benzene rings is 2. The van der Waals surface area contributed by atoms with Crippen molar-refractivity contribution in [3.05, 3.63) is 88.9 Å². The lowest BCUT2D eigenvalue weighted by molar-refractivity contribution is -0.139. The molecule has 0 bridgehead atoms. The highest BCUT2D eigenvalue weighted by Gasteiger charge is 2.35. The Balaban J connectivity index is 1.77. The Kier molecular flexibility index (Phi) is 6.25. The van der Waals surface area contributed by atoms with Gasteiger partial charge in [0.15, 0.2) is 5.11 Å². The van der Waals surface area contributed by atoms with E-state index in [1.807, 2.05) is 35.0 Å². The van der Waals surface area contributed by atoms with Gasteiger partial charge in [0.1, 0.15) is 5.82 Å². The molecular weight excluding hydrogens is 451 g/mol. The van der Waals surface area contributed by atoms with E-state index in [-0.39, 0.29) is 11.6 Å². The normalized spacial score (nSPS) is 16.2. The molecule has 32 heavy (non-hydrogen) atoms. The van der Waals surface area contributed by atoms with Crippen LogP contribution in [0.25, 0.3) is 5.69 Å². The topological polar surface area (TPSA) is 59.4 Å². The molecule has 0 amide bonds. The number of hydrogen-bond acceptors (Lipinski definition) is 4. The first kappa shape index (κ1) is 22.0. The smallest absolute Gasteiger partial charge is 0.338 e. The van der Waals surface area contributed by atoms with Gasteiger partial charge >= 0.3 is 5.97 Å². The molecule has 0 radical (unpaired) electrons. The van der Waals surface area contributed by atoms with Crippen LogP contribution in [0.2, 0.25) is 5.02 Å². The van der Waals surface area contributed by atoms with Crippen LogP contribution in [0.5, 0.6) is 0 Å². The fourth-order valence-corrected chi connectivity index (χ4v) is 4.19. The number of hydrogen-bond donors (Lipinski definition) is 1. The van der Waals surface area contributed by atoms with E-state index in [1.54, 1.807) is 37.3 Å². The summed E-state index contributed by atoms with van der Waals surface area (Å²) in [5.41, 5.74) is 3.32. The van der Waals surface area contributed by atoms with Gasteiger partial charge in [-0.1, -0.05) is 23.7 Å². The molecule has 1 aliphatic rings. The number of allylic oxidation sites excluding steroid dienone is 1. The summed E-state index contributed by atoms with van der Waals surface area (Å²) >= 11 is 11.6. The van der Waals surface area contributed by atoms with Crippen molar-refractivity contribution in [2.24, 2.45) is 0 Å². The number of thiocarbonyl (C=S) groups is 1. The van der Waals surface area contributed by atoms with Crippen LogP contribution < -0.4 is 10.2 Å². The number of aromatic nitrogens is 2. The van der Waals surface area contributed by atoms with Crippen LogP contribution in [0.1, 0.15) is 25.5 Å². The van der Waals surface area contributed by atoms with E-state index in [0.29, 0.717) is 22.1 Å². The molecule has 1 aliphatic heterocycles. The van der Waals surface area contributed by atoms with Gasteiger partial charge in [0.05, 0.1) is 29.6 Å². The number of ether oxygens (including phenoxy) is 1. The number of rotatable bonds is 5. The second kappa shape index (κ2) is 9.10. The molecule has 164 valence electrons. The largest absolute Gasteiger partial charge is 0.463 e. The van der Waals surface area contributed by atoms with Crippen LogP contribution in [0.15, 0.2) is 72.5 Å². The fourth-order valence-electron chi connectivity index (χ4n) is 3.65. The third kappa shape index (κ3) is 4.11. The van der Waals surface area contributed by atoms with Crippen molar-refractivity contribution in [1.29, 1.82) is 0 Å². The van der Waals surface area contributed by atoms with E-state index in [0.717, 1.165) is 11.3 Å². The zero-order chi connectivity index (χ0) is 22.8. The van der Waals surface area contributed by atoms with Gasteiger partial charge in [-0.2, -0.15) is 0 Å². The van der Waals surface area contributed by atoms with Crippen LogP contribution in [-0.4, -0.2) is 27.2 Å². The van der Waals surface area contributed by atoms with Crippen LogP contribution in [0, 0.1) is 5.82 Å². The van der Waals surface area contributed by atoms with Gasteiger partial charge in [-0.25, -0.2) is 14.2 Å². The molecule has 0 fully saturated rings. The second-order valence-corrected chi connectivity index (χ2v) is 7.89. The molecule has 0 aliphatic carbocycles. The second-order valence-electron chi connectivity index (χ2n) is 7.10. The first-order valence-electron chi connectivity index (χ1n) is 9.92. The Bertz CT molecular complexity index is 1200. The molecule has 1 unspecified atom stereocenters. The summed E-state index contributed by atoms with van der Waals surface area (Å²) in [4.78, 5) is 18.7. The van der Waals surface area contributed by atoms with Crippen molar-refractivity contribution in [1.82, 2.24) is 14.9 Å². The SMILES string of the molecule is CCOC(=O)C1=C(C)N(c2ccc(F)c(Cl)c2)C(=S)NC1c1ccc(-n2ccnc2)cc1. The van der Waals surface area contributed by atoms with Crippen LogP contribution in [0.4, 0.5) is 10.1 Å². The quantitative estimate of drug-likeness (QED) is 0.421. The zero-order valence-corrected chi connectivity index (χ0v) is 19.0. The lowest BCUT2D eigenvalue weighted by Gasteiger charge is -2.37. The van der Waals surface area contributed by atoms with Gasteiger partial charge in [0.25, 0.3) is 0 Å². The van der Waals surface area contributed by atoms with Crippen LogP contribution in [-0.2, 0) is 9.53 Å². The maximum Gasteiger partial charge on any atom is 0.338 e. The Morgan fingerprint density at radius 2 is 1.97 bits per heavy atom. The molecule has 0 saturated heterocycles. The summed E-state index contributed by atoms with van der Waals surface area (Å²) < 4.78 is 20.9. The minimum Gasteiger partial charge on any atom is -0.463 e. The Labute approximate surface area is 195 Å². The number of esters is 1. The van der Waals surface area contributed by atoms with Gasteiger partial charge in [0, 0.05) is 29.5 Å². The lowest BCUT2D eigenvalue weighted by atomic mass is 9.94. The van der Waals surface area contributed by atoms with E-state index in [4.69, 9.17) is 28.6 Å². The van der Waals surface area contributed by atoms with Gasteiger partial charge in [0.2, 0.25) is 0 Å². The average Bonchev–Trinajstić information content (AvgIpc) is 3.31. The molecule has 0 spiro atoms. The fraction of sp³-hybridized carbons (Fsp3) is 0.174. The van der Waals surface area contributed by atoms with Crippen molar-refractivity contribution in [2.75, 3.05) is 11.5 Å². The van der Waals surface area contributed by atoms with Gasteiger partial charge in [-0.3, -0.25) is 4.90 Å². The molecule has 9 heteroatoms. The minimum atomic E-state index is -0.533. The average molecular weight is 471 g/mol. The number of nitrogens with zero attached hydrogens (tertiary/aromatic N) is 3. The highest BCUT2D eigenvalue weighted by Crippen LogP contribution is 2.35. The molecule has 4 rings (SSSR count). The molecule has 0 saturated carbocycles. The first-order chi connectivity index (χ1) is 15.4. The third-order valence-electron chi connectivity index (χ3n) is 5.17. The Morgan fingerprint density at radius 3 is 2.59 bits per heavy atom. The van der Waals surface area contributed by atoms with Crippen molar-refractivity contribution in [3.63, 3.8) is 0 Å². The maximum absolute atomic E-state index is 13.7. The van der Waals surface area contributed by atoms with Crippen molar-refractivity contribution in [2.45, 2.75) is 19.9 Å². The lowest BCUT2D eigenvalue weighted by Crippen LogP contribution is -2.48. The van der Waals surface area contributed by atoms with E-state index in [1.165, 1.54) is 12.1 Å². The third-order valence-corrected chi connectivity index (χ3v) is 5.76. The molecule has 2 aromatic carbocycles. The number of nitrogens with one attached hydrogen (secondary N) is 1. The van der Waals surface area contributed by atoms with Gasteiger partial charge < -0.3 is 14.6 Å². The van der Waals surface area contributed by atoms with Crippen molar-refractivity contribution in [3.8, 4) is 5.69 Å². The summed E-state index contributed by atoms with van der Waals surface area (Å²) in [6, 6.07) is 11.5. The molecular formula is C23H20ClFN4O2S. The predicted octanol–water partition coefficient (Wildman–Crippen LogP) is 4.94. The molecule has 1 N–H and O–H groups in total. The highest BCUT2D eigenvalue weighted by atomic mass is 35.5. The van der Waals surface area contributed by atoms with E-state index >= 15 is 0 Å². The number of anilines is 1. The van der Waals surface area contributed by atoms with Gasteiger partial charge in [-0.15, -0.1) is 0 Å². The standard InChI is InChI=1S/C23H20ClFN4O2S/c1-3-31-22(30)20-14(2)29(17-8-9-19(25)18(24)12-17)23(32)27-21(20)15-4-6-16(7-5-15)28-11-10-26-13-28/h4-13,21H,3H2,1-2H3,(H,27,32). The minimum absolute atomic E-state index is 0.0343. The van der Waals surface area contributed by atoms with Crippen molar-refractivity contribution < 1.29 is 13.9 Å². The maximum atomic E-state index is 13.7. The summed E-state index contributed by atoms with van der Waals surface area (Å²) in [6.07, 6.45) is 5.27. The Morgan fingerprint density at radius 1 is 1.25 bits per heavy atom. The molecule has 2 heterocycles. The predicted molar refractivity (Wildman–Crippen MR) is 125 cm³/mol. The Hall–Kier alpha value is -3.23. The molecule has 6 nitrogen and oxygen atoms in total. The number of carbonyl (C=O) groups is 1. The van der Waals surface area contributed by atoms with E-state index < -0.39 is 17.8 Å². The van der Waals surface area contributed by atoms with E-state index in [2.05, 4.69) is 10.3 Å². The monoisotopic (exact) mass is 470 g/mol. The number of imidazole rings is 1. The molecule has 1 aromatic heterocycles. The number of carbonyl (C=O) groups excluding carboxylic acids is 1. The summed E-state index contributed by atoms with van der Waals surface area (Å²) in [6.45, 7) is 3.76. The summed E-state index contributed by atoms with van der Waals surface area (Å²) in [5, 5.41) is 3.56. The first-order valence-corrected chi connectivity index (χ1v) is 10.7.